The molecule has 1 aromatic carbocycles. The number of nitrogens with two attached hydrogens (primary N) is 1. The van der Waals surface area contributed by atoms with E-state index in [4.69, 9.17) is 16.9 Å². The SMILES string of the molecule is C#CCN(CC)C(=O)COc1ccccc1N. The van der Waals surface area contributed by atoms with Crippen LogP contribution in [0.2, 0.25) is 0 Å². The van der Waals surface area contributed by atoms with Crippen LogP contribution in [0.4, 0.5) is 5.69 Å². The lowest BCUT2D eigenvalue weighted by Crippen LogP contribution is -2.35. The lowest BCUT2D eigenvalue weighted by molar-refractivity contribution is -0.132. The normalized spacial score (nSPS) is 9.41. The van der Waals surface area contributed by atoms with E-state index in [9.17, 15) is 4.79 Å². The van der Waals surface area contributed by atoms with Crippen LogP contribution in [0, 0.1) is 12.3 Å². The van der Waals surface area contributed by atoms with Crippen molar-refractivity contribution >= 4 is 11.6 Å². The lowest BCUT2D eigenvalue weighted by atomic mass is 10.3. The Morgan fingerprint density at radius 3 is 2.82 bits per heavy atom. The second-order valence-corrected chi connectivity index (χ2v) is 3.44. The number of carbonyl (C=O) groups excluding carboxylic acids is 1. The topological polar surface area (TPSA) is 55.6 Å². The van der Waals surface area contributed by atoms with Gasteiger partial charge in [0, 0.05) is 6.54 Å². The van der Waals surface area contributed by atoms with Crippen molar-refractivity contribution in [2.24, 2.45) is 0 Å². The molecular weight excluding hydrogens is 216 g/mol. The Kier molecular flexibility index (Phi) is 4.89. The summed E-state index contributed by atoms with van der Waals surface area (Å²) >= 11 is 0. The third-order valence-electron chi connectivity index (χ3n) is 2.29. The number of likely N-dealkylation sites (N-methyl/N-ethyl adjacent to an activating group) is 1. The van der Waals surface area contributed by atoms with E-state index in [1.54, 1.807) is 29.2 Å². The minimum atomic E-state index is -0.145. The van der Waals surface area contributed by atoms with Crippen LogP contribution < -0.4 is 10.5 Å². The van der Waals surface area contributed by atoms with Gasteiger partial charge in [-0.3, -0.25) is 4.79 Å². The first kappa shape index (κ1) is 12.9. The number of terminal acetylenes is 1. The summed E-state index contributed by atoms with van der Waals surface area (Å²) in [6.07, 6.45) is 5.17. The summed E-state index contributed by atoms with van der Waals surface area (Å²) in [5.41, 5.74) is 6.21. The van der Waals surface area contributed by atoms with Crippen molar-refractivity contribution in [2.45, 2.75) is 6.92 Å². The summed E-state index contributed by atoms with van der Waals surface area (Å²) in [7, 11) is 0. The van der Waals surface area contributed by atoms with Gasteiger partial charge < -0.3 is 15.4 Å². The van der Waals surface area contributed by atoms with Crippen LogP contribution in [0.25, 0.3) is 0 Å². The summed E-state index contributed by atoms with van der Waals surface area (Å²) < 4.78 is 5.34. The van der Waals surface area contributed by atoms with E-state index in [0.717, 1.165) is 0 Å². The average Bonchev–Trinajstić information content (AvgIpc) is 2.34. The predicted molar refractivity (Wildman–Crippen MR) is 67.4 cm³/mol. The van der Waals surface area contributed by atoms with Crippen molar-refractivity contribution in [2.75, 3.05) is 25.4 Å². The zero-order valence-electron chi connectivity index (χ0n) is 9.85. The quantitative estimate of drug-likeness (QED) is 0.611. The molecule has 2 N–H and O–H groups in total. The molecule has 0 aliphatic carbocycles. The van der Waals surface area contributed by atoms with E-state index in [2.05, 4.69) is 5.92 Å². The van der Waals surface area contributed by atoms with E-state index >= 15 is 0 Å². The highest BCUT2D eigenvalue weighted by Gasteiger charge is 2.11. The van der Waals surface area contributed by atoms with Gasteiger partial charge in [-0.15, -0.1) is 6.42 Å². The highest BCUT2D eigenvalue weighted by molar-refractivity contribution is 5.78. The number of rotatable bonds is 5. The van der Waals surface area contributed by atoms with Crippen LogP contribution >= 0.6 is 0 Å². The fourth-order valence-corrected chi connectivity index (χ4v) is 1.33. The smallest absolute Gasteiger partial charge is 0.261 e. The van der Waals surface area contributed by atoms with Gasteiger partial charge in [0.1, 0.15) is 5.75 Å². The summed E-state index contributed by atoms with van der Waals surface area (Å²) in [5, 5.41) is 0. The molecule has 1 amide bonds. The van der Waals surface area contributed by atoms with Gasteiger partial charge in [0.25, 0.3) is 5.91 Å². The maximum Gasteiger partial charge on any atom is 0.261 e. The maximum absolute atomic E-state index is 11.7. The van der Waals surface area contributed by atoms with Crippen LogP contribution in [-0.2, 0) is 4.79 Å². The second kappa shape index (κ2) is 6.44. The van der Waals surface area contributed by atoms with E-state index in [1.807, 2.05) is 6.92 Å². The zero-order valence-corrected chi connectivity index (χ0v) is 9.85. The molecule has 90 valence electrons. The van der Waals surface area contributed by atoms with Crippen molar-refractivity contribution < 1.29 is 9.53 Å². The average molecular weight is 232 g/mol. The number of amides is 1. The van der Waals surface area contributed by atoms with Gasteiger partial charge in [-0.2, -0.15) is 0 Å². The van der Waals surface area contributed by atoms with Crippen molar-refractivity contribution in [1.29, 1.82) is 0 Å². The lowest BCUT2D eigenvalue weighted by Gasteiger charge is -2.18. The molecule has 17 heavy (non-hydrogen) atoms. The van der Waals surface area contributed by atoms with Crippen LogP contribution in [0.3, 0.4) is 0 Å². The van der Waals surface area contributed by atoms with Crippen molar-refractivity contribution in [3.63, 3.8) is 0 Å². The van der Waals surface area contributed by atoms with Gasteiger partial charge in [0.2, 0.25) is 0 Å². The number of anilines is 1. The molecule has 0 aliphatic heterocycles. The Bertz CT molecular complexity index is 424. The number of carbonyl (C=O) groups is 1. The molecular formula is C13H16N2O2. The number of nitrogens with zero attached hydrogens (tertiary/aromatic N) is 1. The summed E-state index contributed by atoms with van der Waals surface area (Å²) in [4.78, 5) is 13.3. The number of para-hydroxylation sites is 2. The Morgan fingerprint density at radius 1 is 1.53 bits per heavy atom. The van der Waals surface area contributed by atoms with Crippen molar-refractivity contribution in [1.82, 2.24) is 4.90 Å². The van der Waals surface area contributed by atoms with Gasteiger partial charge in [-0.25, -0.2) is 0 Å². The Balaban J connectivity index is 2.54. The van der Waals surface area contributed by atoms with E-state index in [0.29, 0.717) is 24.5 Å². The van der Waals surface area contributed by atoms with Gasteiger partial charge in [-0.05, 0) is 19.1 Å². The van der Waals surface area contributed by atoms with Crippen LogP contribution in [0.15, 0.2) is 24.3 Å². The van der Waals surface area contributed by atoms with Crippen LogP contribution in [0.1, 0.15) is 6.92 Å². The summed E-state index contributed by atoms with van der Waals surface area (Å²) in [6, 6.07) is 7.05. The maximum atomic E-state index is 11.7. The summed E-state index contributed by atoms with van der Waals surface area (Å²) in [6.45, 7) is 2.68. The molecule has 4 heteroatoms. The molecule has 0 saturated heterocycles. The standard InChI is InChI=1S/C13H16N2O2/c1-3-9-15(4-2)13(16)10-17-12-8-6-5-7-11(12)14/h1,5-8H,4,9-10,14H2,2H3. The number of hydrogen-bond acceptors (Lipinski definition) is 3. The van der Waals surface area contributed by atoms with Gasteiger partial charge in [0.15, 0.2) is 6.61 Å². The highest BCUT2D eigenvalue weighted by Crippen LogP contribution is 2.19. The molecule has 1 rings (SSSR count). The predicted octanol–water partition coefficient (Wildman–Crippen LogP) is 1.13. The van der Waals surface area contributed by atoms with Gasteiger partial charge in [0.05, 0.1) is 12.2 Å². The molecule has 0 heterocycles. The Hall–Kier alpha value is -2.15. The Morgan fingerprint density at radius 2 is 2.24 bits per heavy atom. The molecule has 0 unspecified atom stereocenters. The van der Waals surface area contributed by atoms with Gasteiger partial charge in [-0.1, -0.05) is 18.1 Å². The van der Waals surface area contributed by atoms with Crippen LogP contribution in [0.5, 0.6) is 5.75 Å². The minimum absolute atomic E-state index is 0.0519. The highest BCUT2D eigenvalue weighted by atomic mass is 16.5. The fraction of sp³-hybridized carbons (Fsp3) is 0.308. The largest absolute Gasteiger partial charge is 0.482 e. The molecule has 0 fully saturated rings. The molecule has 0 aromatic heterocycles. The molecule has 0 saturated carbocycles. The van der Waals surface area contributed by atoms with E-state index < -0.39 is 0 Å². The number of nitrogen functional groups attached to an aromatic ring is 1. The summed E-state index contributed by atoms with van der Waals surface area (Å²) in [5.74, 6) is 2.80. The first-order valence-electron chi connectivity index (χ1n) is 5.37. The first-order valence-corrected chi connectivity index (χ1v) is 5.37. The van der Waals surface area contributed by atoms with Crippen LogP contribution in [-0.4, -0.2) is 30.5 Å². The zero-order chi connectivity index (χ0) is 12.7. The number of benzene rings is 1. The third kappa shape index (κ3) is 3.72. The second-order valence-electron chi connectivity index (χ2n) is 3.44. The molecule has 0 spiro atoms. The van der Waals surface area contributed by atoms with Crippen molar-refractivity contribution in [3.8, 4) is 18.1 Å². The number of ether oxygens (including phenoxy) is 1. The van der Waals surface area contributed by atoms with Gasteiger partial charge >= 0.3 is 0 Å². The molecule has 0 atom stereocenters. The number of hydrogen-bond donors (Lipinski definition) is 1. The monoisotopic (exact) mass is 232 g/mol. The Labute approximate surface area is 101 Å². The molecule has 0 aliphatic rings. The first-order chi connectivity index (χ1) is 8.19. The molecule has 0 radical (unpaired) electrons. The fourth-order valence-electron chi connectivity index (χ4n) is 1.33. The third-order valence-corrected chi connectivity index (χ3v) is 2.29. The molecule has 0 bridgehead atoms. The van der Waals surface area contributed by atoms with E-state index in [1.165, 1.54) is 0 Å². The molecule has 1 aromatic rings. The van der Waals surface area contributed by atoms with E-state index in [-0.39, 0.29) is 12.5 Å². The minimum Gasteiger partial charge on any atom is -0.482 e. The molecule has 4 nitrogen and oxygen atoms in total. The van der Waals surface area contributed by atoms with Crippen molar-refractivity contribution in [3.05, 3.63) is 24.3 Å².